The summed E-state index contributed by atoms with van der Waals surface area (Å²) in [6.07, 6.45) is 3.43. The van der Waals surface area contributed by atoms with Crippen molar-refractivity contribution >= 4 is 23.5 Å². The van der Waals surface area contributed by atoms with E-state index < -0.39 is 6.04 Å². The molecule has 8 nitrogen and oxygen atoms in total. The second-order valence-corrected chi connectivity index (χ2v) is 7.50. The van der Waals surface area contributed by atoms with Crippen LogP contribution >= 0.6 is 0 Å². The zero-order valence-electron chi connectivity index (χ0n) is 17.7. The molecule has 32 heavy (non-hydrogen) atoms. The number of amides is 2. The molecule has 1 saturated heterocycles. The Hall–Kier alpha value is -3.78. The van der Waals surface area contributed by atoms with E-state index in [0.717, 1.165) is 5.56 Å². The lowest BCUT2D eigenvalue weighted by Crippen LogP contribution is -2.51. The average Bonchev–Trinajstić information content (AvgIpc) is 2.86. The summed E-state index contributed by atoms with van der Waals surface area (Å²) in [6.45, 7) is 2.60. The summed E-state index contributed by atoms with van der Waals surface area (Å²) in [5, 5.41) is 6.08. The highest BCUT2D eigenvalue weighted by molar-refractivity contribution is 5.96. The second-order valence-electron chi connectivity index (χ2n) is 7.50. The lowest BCUT2D eigenvalue weighted by Gasteiger charge is -2.35. The number of carbonyl (C=O) groups is 2. The molecule has 1 unspecified atom stereocenters. The van der Waals surface area contributed by atoms with Crippen molar-refractivity contribution in [1.29, 1.82) is 0 Å². The van der Waals surface area contributed by atoms with Gasteiger partial charge in [0.05, 0.1) is 6.54 Å². The van der Waals surface area contributed by atoms with Crippen LogP contribution in [0.15, 0.2) is 79.1 Å². The number of nitrogens with one attached hydrogen (secondary N) is 2. The lowest BCUT2D eigenvalue weighted by atomic mass is 10.1. The molecule has 2 amide bonds. The Morgan fingerprint density at radius 1 is 0.844 bits per heavy atom. The maximum atomic E-state index is 13.0. The van der Waals surface area contributed by atoms with E-state index in [-0.39, 0.29) is 18.4 Å². The first-order chi connectivity index (χ1) is 15.7. The molecule has 1 atom stereocenters. The molecule has 2 heterocycles. The van der Waals surface area contributed by atoms with Crippen molar-refractivity contribution in [3.05, 3.63) is 84.7 Å². The number of carbonyl (C=O) groups excluding carboxylic acids is 2. The van der Waals surface area contributed by atoms with E-state index in [0.29, 0.717) is 37.8 Å². The molecule has 0 bridgehead atoms. The zero-order chi connectivity index (χ0) is 22.2. The maximum absolute atomic E-state index is 13.0. The Labute approximate surface area is 187 Å². The lowest BCUT2D eigenvalue weighted by molar-refractivity contribution is -0.130. The van der Waals surface area contributed by atoms with Gasteiger partial charge >= 0.3 is 0 Å². The molecule has 164 valence electrons. The van der Waals surface area contributed by atoms with E-state index in [4.69, 9.17) is 0 Å². The fraction of sp³-hybridized carbons (Fsp3) is 0.250. The molecule has 1 aromatic heterocycles. The fourth-order valence-corrected chi connectivity index (χ4v) is 3.65. The molecule has 4 rings (SSSR count). The van der Waals surface area contributed by atoms with Gasteiger partial charge < -0.3 is 15.1 Å². The highest BCUT2D eigenvalue weighted by atomic mass is 16.2. The van der Waals surface area contributed by atoms with Crippen LogP contribution in [-0.2, 0) is 9.59 Å². The number of para-hydroxylation sites is 1. The third-order valence-corrected chi connectivity index (χ3v) is 5.36. The number of aromatic nitrogens is 2. The molecule has 8 heteroatoms. The molecule has 1 aliphatic heterocycles. The first-order valence-corrected chi connectivity index (χ1v) is 10.6. The maximum Gasteiger partial charge on any atom is 0.246 e. The van der Waals surface area contributed by atoms with Crippen molar-refractivity contribution in [3.8, 4) is 0 Å². The first-order valence-electron chi connectivity index (χ1n) is 10.6. The van der Waals surface area contributed by atoms with E-state index in [9.17, 15) is 9.59 Å². The van der Waals surface area contributed by atoms with Crippen LogP contribution in [0.1, 0.15) is 11.6 Å². The molecule has 0 radical (unpaired) electrons. The van der Waals surface area contributed by atoms with Gasteiger partial charge in [-0.2, -0.15) is 0 Å². The Bertz CT molecular complexity index is 1010. The summed E-state index contributed by atoms with van der Waals surface area (Å²) in [6, 6.07) is 19.9. The standard InChI is InChI=1S/C24H26N6O2/c31-21(29-14-16-30(17-15-29)24-25-12-7-13-26-24)18-27-22(19-8-3-1-4-9-19)23(32)28-20-10-5-2-6-11-20/h1-13,22,27H,14-18H2,(H,28,32). The van der Waals surface area contributed by atoms with Gasteiger partial charge in [-0.15, -0.1) is 0 Å². The molecule has 3 aromatic rings. The summed E-state index contributed by atoms with van der Waals surface area (Å²) in [5.41, 5.74) is 1.52. The van der Waals surface area contributed by atoms with Crippen LogP contribution in [0.3, 0.4) is 0 Å². The number of rotatable bonds is 7. The van der Waals surface area contributed by atoms with E-state index in [1.165, 1.54) is 0 Å². The molecule has 0 saturated carbocycles. The van der Waals surface area contributed by atoms with Crippen LogP contribution in [0.2, 0.25) is 0 Å². The Morgan fingerprint density at radius 2 is 1.47 bits per heavy atom. The van der Waals surface area contributed by atoms with Crippen molar-refractivity contribution in [3.63, 3.8) is 0 Å². The molecule has 0 spiro atoms. The number of piperazine rings is 1. The second kappa shape index (κ2) is 10.5. The summed E-state index contributed by atoms with van der Waals surface area (Å²) in [5.74, 6) is 0.438. The van der Waals surface area contributed by atoms with Crippen molar-refractivity contribution in [2.45, 2.75) is 6.04 Å². The predicted octanol–water partition coefficient (Wildman–Crippen LogP) is 2.09. The quantitative estimate of drug-likeness (QED) is 0.597. The van der Waals surface area contributed by atoms with Crippen molar-refractivity contribution in [1.82, 2.24) is 20.2 Å². The van der Waals surface area contributed by atoms with Crippen LogP contribution < -0.4 is 15.5 Å². The normalized spacial score (nSPS) is 14.6. The van der Waals surface area contributed by atoms with E-state index >= 15 is 0 Å². The Kier molecular flexibility index (Phi) is 7.04. The minimum absolute atomic E-state index is 0.0351. The van der Waals surface area contributed by atoms with Gasteiger partial charge in [-0.1, -0.05) is 48.5 Å². The highest BCUT2D eigenvalue weighted by Gasteiger charge is 2.25. The summed E-state index contributed by atoms with van der Waals surface area (Å²) >= 11 is 0. The minimum atomic E-state index is -0.639. The van der Waals surface area contributed by atoms with Gasteiger partial charge in [0.25, 0.3) is 0 Å². The average molecular weight is 431 g/mol. The summed E-state index contributed by atoms with van der Waals surface area (Å²) in [4.78, 5) is 38.2. The van der Waals surface area contributed by atoms with Gasteiger partial charge in [-0.25, -0.2) is 9.97 Å². The van der Waals surface area contributed by atoms with Gasteiger partial charge in [0.2, 0.25) is 17.8 Å². The summed E-state index contributed by atoms with van der Waals surface area (Å²) < 4.78 is 0. The Morgan fingerprint density at radius 3 is 2.12 bits per heavy atom. The van der Waals surface area contributed by atoms with Crippen LogP contribution in [0, 0.1) is 0 Å². The fourth-order valence-electron chi connectivity index (χ4n) is 3.65. The number of hydrogen-bond donors (Lipinski definition) is 2. The molecule has 0 aliphatic carbocycles. The number of nitrogens with zero attached hydrogens (tertiary/aromatic N) is 4. The van der Waals surface area contributed by atoms with Crippen LogP contribution in [0.25, 0.3) is 0 Å². The third kappa shape index (κ3) is 5.47. The molecular formula is C24H26N6O2. The number of benzene rings is 2. The SMILES string of the molecule is O=C(Nc1ccccc1)C(NCC(=O)N1CCN(c2ncccn2)CC1)c1ccccc1. The summed E-state index contributed by atoms with van der Waals surface area (Å²) in [7, 11) is 0. The van der Waals surface area contributed by atoms with E-state index in [1.807, 2.05) is 65.6 Å². The molecule has 2 N–H and O–H groups in total. The number of hydrogen-bond acceptors (Lipinski definition) is 6. The third-order valence-electron chi connectivity index (χ3n) is 5.36. The van der Waals surface area contributed by atoms with Crippen LogP contribution in [0.4, 0.5) is 11.6 Å². The Balaban J connectivity index is 1.35. The van der Waals surface area contributed by atoms with Gasteiger partial charge in [0.1, 0.15) is 6.04 Å². The first kappa shape index (κ1) is 21.5. The van der Waals surface area contributed by atoms with E-state index in [1.54, 1.807) is 18.5 Å². The molecule has 1 aliphatic rings. The van der Waals surface area contributed by atoms with Gasteiger partial charge in [-0.05, 0) is 23.8 Å². The van der Waals surface area contributed by atoms with Crippen molar-refractivity contribution in [2.75, 3.05) is 42.9 Å². The smallest absolute Gasteiger partial charge is 0.246 e. The largest absolute Gasteiger partial charge is 0.338 e. The van der Waals surface area contributed by atoms with Crippen LogP contribution in [0.5, 0.6) is 0 Å². The van der Waals surface area contributed by atoms with Gasteiger partial charge in [-0.3, -0.25) is 14.9 Å². The zero-order valence-corrected chi connectivity index (χ0v) is 17.7. The van der Waals surface area contributed by atoms with Gasteiger partial charge in [0, 0.05) is 44.3 Å². The minimum Gasteiger partial charge on any atom is -0.338 e. The molecule has 1 fully saturated rings. The van der Waals surface area contributed by atoms with E-state index in [2.05, 4.69) is 25.5 Å². The number of anilines is 2. The topological polar surface area (TPSA) is 90.5 Å². The van der Waals surface area contributed by atoms with Crippen LogP contribution in [-0.4, -0.2) is 59.4 Å². The predicted molar refractivity (Wildman–Crippen MR) is 123 cm³/mol. The highest BCUT2D eigenvalue weighted by Crippen LogP contribution is 2.16. The molecular weight excluding hydrogens is 404 g/mol. The van der Waals surface area contributed by atoms with Crippen molar-refractivity contribution in [2.24, 2.45) is 0 Å². The van der Waals surface area contributed by atoms with Gasteiger partial charge in [0.15, 0.2) is 0 Å². The molecule has 2 aromatic carbocycles. The monoisotopic (exact) mass is 430 g/mol. The van der Waals surface area contributed by atoms with Crippen molar-refractivity contribution < 1.29 is 9.59 Å².